The van der Waals surface area contributed by atoms with E-state index in [-0.39, 0.29) is 12.2 Å². The molecule has 0 atom stereocenters. The Bertz CT molecular complexity index is 1560. The smallest absolute Gasteiger partial charge is 0.307 e. The normalized spacial score (nSPS) is 13.7. The molecule has 0 amide bonds. The van der Waals surface area contributed by atoms with Crippen molar-refractivity contribution in [2.24, 2.45) is 0 Å². The van der Waals surface area contributed by atoms with Crippen LogP contribution in [0.5, 0.6) is 11.5 Å². The van der Waals surface area contributed by atoms with Gasteiger partial charge in [-0.15, -0.1) is 0 Å². The Morgan fingerprint density at radius 1 is 0.795 bits per heavy atom. The molecule has 0 radical (unpaired) electrons. The van der Waals surface area contributed by atoms with E-state index in [0.717, 1.165) is 27.8 Å². The van der Waals surface area contributed by atoms with E-state index in [1.165, 1.54) is 29.8 Å². The van der Waals surface area contributed by atoms with Gasteiger partial charge in [-0.3, -0.25) is 4.79 Å². The monoisotopic (exact) mass is 522 g/mol. The van der Waals surface area contributed by atoms with Gasteiger partial charge in [-0.25, -0.2) is 8.78 Å². The third-order valence-corrected chi connectivity index (χ3v) is 6.88. The Kier molecular flexibility index (Phi) is 7.42. The highest BCUT2D eigenvalue weighted by atomic mass is 19.1. The molecule has 4 aromatic rings. The number of hydrogen-bond donors (Lipinski definition) is 1. The van der Waals surface area contributed by atoms with Gasteiger partial charge < -0.3 is 9.84 Å². The third-order valence-electron chi connectivity index (χ3n) is 6.88. The van der Waals surface area contributed by atoms with Crippen LogP contribution in [-0.2, 0) is 11.2 Å². The largest absolute Gasteiger partial charge is 0.481 e. The molecule has 4 aromatic carbocycles. The fourth-order valence-corrected chi connectivity index (χ4v) is 4.87. The Morgan fingerprint density at radius 3 is 2.03 bits per heavy atom. The van der Waals surface area contributed by atoms with E-state index in [4.69, 9.17) is 4.74 Å². The van der Waals surface area contributed by atoms with E-state index in [1.54, 1.807) is 18.2 Å². The van der Waals surface area contributed by atoms with E-state index in [1.807, 2.05) is 24.3 Å². The summed E-state index contributed by atoms with van der Waals surface area (Å²) in [5.41, 5.74) is 6.99. The van der Waals surface area contributed by atoms with E-state index >= 15 is 0 Å². The van der Waals surface area contributed by atoms with Gasteiger partial charge in [0.1, 0.15) is 23.1 Å². The molecule has 0 heterocycles. The zero-order valence-electron chi connectivity index (χ0n) is 21.7. The first-order valence-corrected chi connectivity index (χ1v) is 12.9. The minimum Gasteiger partial charge on any atom is -0.481 e. The number of allylic oxidation sites excluding steroid dienone is 2. The lowest BCUT2D eigenvalue weighted by atomic mass is 9.93. The highest BCUT2D eigenvalue weighted by Gasteiger charge is 2.28. The second-order valence-corrected chi connectivity index (χ2v) is 9.97. The first-order valence-electron chi connectivity index (χ1n) is 12.9. The molecular formula is C34H28F2O3. The molecule has 0 spiro atoms. The zero-order valence-corrected chi connectivity index (χ0v) is 21.7. The van der Waals surface area contributed by atoms with Gasteiger partial charge in [0.25, 0.3) is 0 Å². The number of hydrogen-bond acceptors (Lipinski definition) is 2. The molecule has 0 aliphatic heterocycles. The van der Waals surface area contributed by atoms with Crippen molar-refractivity contribution in [1.29, 1.82) is 0 Å². The number of ether oxygens (including phenoxy) is 1. The van der Waals surface area contributed by atoms with Crippen LogP contribution in [0, 0.1) is 11.6 Å². The Labute approximate surface area is 226 Å². The summed E-state index contributed by atoms with van der Waals surface area (Å²) in [7, 11) is 0. The lowest BCUT2D eigenvalue weighted by molar-refractivity contribution is -0.135. The van der Waals surface area contributed by atoms with Crippen molar-refractivity contribution in [1.82, 2.24) is 0 Å². The summed E-state index contributed by atoms with van der Waals surface area (Å²) in [6, 6.07) is 26.2. The van der Waals surface area contributed by atoms with Crippen molar-refractivity contribution in [2.45, 2.75) is 32.6 Å². The second kappa shape index (κ2) is 11.1. The molecule has 196 valence electrons. The maximum Gasteiger partial charge on any atom is 0.307 e. The molecule has 0 saturated heterocycles. The van der Waals surface area contributed by atoms with Gasteiger partial charge in [-0.05, 0) is 111 Å². The summed E-state index contributed by atoms with van der Waals surface area (Å²) in [5.74, 6) is -0.167. The number of carbonyl (C=O) groups is 1. The van der Waals surface area contributed by atoms with E-state index in [0.29, 0.717) is 35.0 Å². The van der Waals surface area contributed by atoms with Crippen LogP contribution < -0.4 is 4.74 Å². The van der Waals surface area contributed by atoms with Gasteiger partial charge in [0, 0.05) is 0 Å². The van der Waals surface area contributed by atoms with Crippen LogP contribution in [0.3, 0.4) is 0 Å². The Hall–Kier alpha value is -4.51. The first kappa shape index (κ1) is 26.1. The van der Waals surface area contributed by atoms with Gasteiger partial charge in [-0.1, -0.05) is 56.3 Å². The molecule has 0 unspecified atom stereocenters. The predicted molar refractivity (Wildman–Crippen MR) is 151 cm³/mol. The van der Waals surface area contributed by atoms with Gasteiger partial charge in [0.05, 0.1) is 6.42 Å². The minimum atomic E-state index is -0.969. The average molecular weight is 523 g/mol. The van der Waals surface area contributed by atoms with Gasteiger partial charge in [-0.2, -0.15) is 0 Å². The fourth-order valence-electron chi connectivity index (χ4n) is 4.87. The maximum absolute atomic E-state index is 14.3. The van der Waals surface area contributed by atoms with Crippen LogP contribution in [0.15, 0.2) is 96.6 Å². The van der Waals surface area contributed by atoms with Gasteiger partial charge in [0.15, 0.2) is 0 Å². The van der Waals surface area contributed by atoms with E-state index < -0.39 is 11.8 Å². The molecule has 1 aliphatic carbocycles. The van der Waals surface area contributed by atoms with Crippen LogP contribution in [0.4, 0.5) is 8.78 Å². The molecule has 0 fully saturated rings. The molecule has 39 heavy (non-hydrogen) atoms. The van der Waals surface area contributed by atoms with Crippen molar-refractivity contribution in [3.63, 3.8) is 0 Å². The molecule has 1 aliphatic rings. The van der Waals surface area contributed by atoms with Crippen molar-refractivity contribution >= 4 is 23.2 Å². The highest BCUT2D eigenvalue weighted by Crippen LogP contribution is 2.45. The number of carboxylic acid groups (broad SMARTS) is 1. The topological polar surface area (TPSA) is 46.5 Å². The molecule has 0 aromatic heterocycles. The summed E-state index contributed by atoms with van der Waals surface area (Å²) in [5, 5.41) is 9.72. The van der Waals surface area contributed by atoms with Crippen LogP contribution >= 0.6 is 0 Å². The van der Waals surface area contributed by atoms with Crippen LogP contribution in [-0.4, -0.2) is 11.1 Å². The number of carboxylic acids is 1. The summed E-state index contributed by atoms with van der Waals surface area (Å²) in [6.45, 7) is 4.29. The summed E-state index contributed by atoms with van der Waals surface area (Å²) >= 11 is 0. The molecule has 3 nitrogen and oxygen atoms in total. The predicted octanol–water partition coefficient (Wildman–Crippen LogP) is 8.91. The summed E-state index contributed by atoms with van der Waals surface area (Å²) < 4.78 is 33.3. The molecular weight excluding hydrogens is 494 g/mol. The third kappa shape index (κ3) is 5.99. The van der Waals surface area contributed by atoms with E-state index in [2.05, 4.69) is 44.2 Å². The van der Waals surface area contributed by atoms with Crippen LogP contribution in [0.1, 0.15) is 54.0 Å². The number of fused-ring (bicyclic) bond motifs is 1. The molecule has 0 saturated carbocycles. The van der Waals surface area contributed by atoms with Gasteiger partial charge >= 0.3 is 5.97 Å². The standard InChI is InChI=1S/C34H28F2O3/c1-21(2)24-7-3-22(4-8-24)17-30-29-16-11-26(36)19-32(29)33(20-34(37)38)31(30)18-23-5-12-27(13-6-23)39-28-14-9-25(35)10-15-28/h3-17,19,21H,18,20H2,1-2H3,(H,37,38)/b30-17+. The minimum absolute atomic E-state index is 0.207. The van der Waals surface area contributed by atoms with Crippen molar-refractivity contribution in [2.75, 3.05) is 0 Å². The van der Waals surface area contributed by atoms with Crippen molar-refractivity contribution in [3.8, 4) is 11.5 Å². The summed E-state index contributed by atoms with van der Waals surface area (Å²) in [4.78, 5) is 11.9. The van der Waals surface area contributed by atoms with Crippen molar-refractivity contribution < 1.29 is 23.4 Å². The van der Waals surface area contributed by atoms with Crippen LogP contribution in [0.2, 0.25) is 0 Å². The lowest BCUT2D eigenvalue weighted by Crippen LogP contribution is -1.99. The quantitative estimate of drug-likeness (QED) is 0.251. The van der Waals surface area contributed by atoms with Crippen LogP contribution in [0.25, 0.3) is 17.2 Å². The lowest BCUT2D eigenvalue weighted by Gasteiger charge is -2.12. The number of benzene rings is 4. The molecule has 0 bridgehead atoms. The Morgan fingerprint density at radius 2 is 1.41 bits per heavy atom. The average Bonchev–Trinajstić information content (AvgIpc) is 3.17. The first-order chi connectivity index (χ1) is 18.8. The molecule has 5 rings (SSSR count). The second-order valence-electron chi connectivity index (χ2n) is 9.97. The number of aliphatic carboxylic acids is 1. The Balaban J connectivity index is 1.52. The van der Waals surface area contributed by atoms with Crippen molar-refractivity contribution in [3.05, 3.63) is 136 Å². The zero-order chi connectivity index (χ0) is 27.5. The molecule has 1 N–H and O–H groups in total. The fraction of sp³-hybridized carbons (Fsp3) is 0.147. The van der Waals surface area contributed by atoms with Gasteiger partial charge in [0.2, 0.25) is 0 Å². The molecule has 5 heteroatoms. The summed E-state index contributed by atoms with van der Waals surface area (Å²) in [6.07, 6.45) is 2.31. The number of rotatable bonds is 8. The van der Waals surface area contributed by atoms with E-state index in [9.17, 15) is 18.7 Å². The maximum atomic E-state index is 14.3. The SMILES string of the molecule is CC(C)c1ccc(/C=C2/C(Cc3ccc(Oc4ccc(F)cc4)cc3)=C(CC(=O)O)c3cc(F)ccc32)cc1. The number of halogens is 2. The highest BCUT2D eigenvalue weighted by molar-refractivity contribution is 6.08.